The van der Waals surface area contributed by atoms with Crippen LogP contribution in [-0.2, 0) is 0 Å². The summed E-state index contributed by atoms with van der Waals surface area (Å²) in [6.45, 7) is 4.17. The summed E-state index contributed by atoms with van der Waals surface area (Å²) in [4.78, 5) is 13.1. The molecule has 1 saturated carbocycles. The lowest BCUT2D eigenvalue weighted by atomic mass is 9.95. The summed E-state index contributed by atoms with van der Waals surface area (Å²) in [5, 5.41) is 7.37. The third kappa shape index (κ3) is 3.42. The van der Waals surface area contributed by atoms with Crippen LogP contribution in [0, 0.1) is 13.8 Å². The minimum absolute atomic E-state index is 0.0650. The van der Waals surface area contributed by atoms with Gasteiger partial charge in [-0.05, 0) is 51.0 Å². The van der Waals surface area contributed by atoms with Crippen molar-refractivity contribution in [3.05, 3.63) is 65.7 Å². The van der Waals surface area contributed by atoms with E-state index in [1.807, 2.05) is 42.6 Å². The second-order valence-electron chi connectivity index (χ2n) is 7.37. The predicted octanol–water partition coefficient (Wildman–Crippen LogP) is 5.05. The molecule has 0 atom stereocenters. The number of nitrogens with zero attached hydrogens (tertiary/aromatic N) is 3. The van der Waals surface area contributed by atoms with Crippen LogP contribution >= 0.6 is 0 Å². The zero-order chi connectivity index (χ0) is 18.8. The third-order valence-electron chi connectivity index (χ3n) is 5.57. The van der Waals surface area contributed by atoms with E-state index in [4.69, 9.17) is 0 Å². The van der Waals surface area contributed by atoms with Gasteiger partial charge in [-0.1, -0.05) is 31.4 Å². The molecular weight excluding hydrogens is 336 g/mol. The number of carbonyl (C=O) groups excluding carboxylic acids is 1. The lowest BCUT2D eigenvalue weighted by Gasteiger charge is -2.26. The van der Waals surface area contributed by atoms with Crippen molar-refractivity contribution in [2.45, 2.75) is 52.0 Å². The van der Waals surface area contributed by atoms with Gasteiger partial charge in [0, 0.05) is 29.8 Å². The van der Waals surface area contributed by atoms with Gasteiger partial charge in [-0.2, -0.15) is 5.10 Å². The van der Waals surface area contributed by atoms with E-state index in [1.54, 1.807) is 10.9 Å². The summed E-state index contributed by atoms with van der Waals surface area (Å²) in [5.41, 5.74) is 4.61. The van der Waals surface area contributed by atoms with Crippen LogP contribution < -0.4 is 5.32 Å². The molecule has 1 N–H and O–H groups in total. The fraction of sp³-hybridized carbons (Fsp3) is 0.364. The zero-order valence-electron chi connectivity index (χ0n) is 16.0. The average Bonchev–Trinajstić information content (AvgIpc) is 3.31. The Labute approximate surface area is 160 Å². The van der Waals surface area contributed by atoms with Crippen LogP contribution in [0.15, 0.2) is 48.8 Å². The first-order valence-electron chi connectivity index (χ1n) is 9.74. The Hall–Kier alpha value is -2.82. The standard InChI is InChI=1S/C22H26N4O/c1-16-15-19(17(2)26(16)18-9-4-3-5-10-18)22(27)24-20-11-6-7-12-21(20)25-14-8-13-23-25/h6-8,11-15,18H,3-5,9-10H2,1-2H3,(H,24,27). The first-order valence-corrected chi connectivity index (χ1v) is 9.74. The van der Waals surface area contributed by atoms with E-state index < -0.39 is 0 Å². The predicted molar refractivity (Wildman–Crippen MR) is 108 cm³/mol. The second-order valence-corrected chi connectivity index (χ2v) is 7.37. The number of hydrogen-bond acceptors (Lipinski definition) is 2. The van der Waals surface area contributed by atoms with Crippen molar-refractivity contribution in [2.75, 3.05) is 5.32 Å². The van der Waals surface area contributed by atoms with Crippen LogP contribution in [-0.4, -0.2) is 20.3 Å². The molecule has 0 unspecified atom stereocenters. The molecule has 140 valence electrons. The molecule has 0 spiro atoms. The van der Waals surface area contributed by atoms with Crippen molar-refractivity contribution in [1.82, 2.24) is 14.3 Å². The minimum Gasteiger partial charge on any atom is -0.345 e. The smallest absolute Gasteiger partial charge is 0.257 e. The number of benzene rings is 1. The van der Waals surface area contributed by atoms with E-state index in [0.29, 0.717) is 6.04 Å². The molecule has 2 aromatic heterocycles. The fourth-order valence-electron chi connectivity index (χ4n) is 4.29. The summed E-state index contributed by atoms with van der Waals surface area (Å²) in [6, 6.07) is 12.2. The van der Waals surface area contributed by atoms with Gasteiger partial charge in [0.15, 0.2) is 0 Å². The molecule has 3 aromatic rings. The molecule has 4 rings (SSSR count). The summed E-state index contributed by atoms with van der Waals surface area (Å²) in [6.07, 6.45) is 9.91. The van der Waals surface area contributed by atoms with Gasteiger partial charge >= 0.3 is 0 Å². The minimum atomic E-state index is -0.0650. The van der Waals surface area contributed by atoms with Crippen LogP contribution in [0.3, 0.4) is 0 Å². The number of rotatable bonds is 4. The Morgan fingerprint density at radius 2 is 1.89 bits per heavy atom. The largest absolute Gasteiger partial charge is 0.345 e. The van der Waals surface area contributed by atoms with E-state index in [0.717, 1.165) is 22.6 Å². The van der Waals surface area contributed by atoms with Crippen LogP contribution in [0.4, 0.5) is 5.69 Å². The monoisotopic (exact) mass is 362 g/mol. The van der Waals surface area contributed by atoms with Gasteiger partial charge in [-0.15, -0.1) is 0 Å². The molecule has 1 aromatic carbocycles. The Bertz CT molecular complexity index is 933. The summed E-state index contributed by atoms with van der Waals surface area (Å²) >= 11 is 0. The van der Waals surface area contributed by atoms with Crippen LogP contribution in [0.5, 0.6) is 0 Å². The maximum Gasteiger partial charge on any atom is 0.257 e. The zero-order valence-corrected chi connectivity index (χ0v) is 16.0. The first-order chi connectivity index (χ1) is 13.1. The molecule has 0 saturated heterocycles. The number of carbonyl (C=O) groups is 1. The quantitative estimate of drug-likeness (QED) is 0.706. The molecular formula is C22H26N4O. The number of para-hydroxylation sites is 2. The van der Waals surface area contributed by atoms with Gasteiger partial charge in [0.25, 0.3) is 5.91 Å². The molecule has 2 heterocycles. The van der Waals surface area contributed by atoms with Gasteiger partial charge in [0.05, 0.1) is 16.9 Å². The summed E-state index contributed by atoms with van der Waals surface area (Å²) in [7, 11) is 0. The number of anilines is 1. The maximum atomic E-state index is 13.1. The van der Waals surface area contributed by atoms with Crippen molar-refractivity contribution in [1.29, 1.82) is 0 Å². The number of nitrogens with one attached hydrogen (secondary N) is 1. The van der Waals surface area contributed by atoms with Gasteiger partial charge in [0.1, 0.15) is 0 Å². The topological polar surface area (TPSA) is 51.9 Å². The molecule has 27 heavy (non-hydrogen) atoms. The van der Waals surface area contributed by atoms with Crippen molar-refractivity contribution in [2.24, 2.45) is 0 Å². The highest BCUT2D eigenvalue weighted by Crippen LogP contribution is 2.32. The van der Waals surface area contributed by atoms with Gasteiger partial charge in [-0.25, -0.2) is 4.68 Å². The van der Waals surface area contributed by atoms with Gasteiger partial charge in [0.2, 0.25) is 0 Å². The first kappa shape index (κ1) is 17.6. The van der Waals surface area contributed by atoms with E-state index >= 15 is 0 Å². The molecule has 1 aliphatic carbocycles. The molecule has 5 heteroatoms. The molecule has 0 radical (unpaired) electrons. The van der Waals surface area contributed by atoms with Crippen molar-refractivity contribution < 1.29 is 4.79 Å². The number of aryl methyl sites for hydroxylation is 1. The highest BCUT2D eigenvalue weighted by molar-refractivity contribution is 6.06. The van der Waals surface area contributed by atoms with Crippen molar-refractivity contribution >= 4 is 11.6 Å². The van der Waals surface area contributed by atoms with Crippen LogP contribution in [0.2, 0.25) is 0 Å². The van der Waals surface area contributed by atoms with Gasteiger partial charge in [-0.3, -0.25) is 4.79 Å². The summed E-state index contributed by atoms with van der Waals surface area (Å²) in [5.74, 6) is -0.0650. The Morgan fingerprint density at radius 3 is 2.63 bits per heavy atom. The molecule has 0 aliphatic heterocycles. The Kier molecular flexibility index (Phi) is 4.84. The Balaban J connectivity index is 1.62. The van der Waals surface area contributed by atoms with E-state index in [-0.39, 0.29) is 5.91 Å². The van der Waals surface area contributed by atoms with Crippen molar-refractivity contribution in [3.8, 4) is 5.69 Å². The maximum absolute atomic E-state index is 13.1. The molecule has 1 aliphatic rings. The summed E-state index contributed by atoms with van der Waals surface area (Å²) < 4.78 is 4.13. The SMILES string of the molecule is Cc1cc(C(=O)Nc2ccccc2-n2cccn2)c(C)n1C1CCCCC1. The normalized spacial score (nSPS) is 15.0. The lowest BCUT2D eigenvalue weighted by Crippen LogP contribution is -2.18. The number of hydrogen-bond donors (Lipinski definition) is 1. The van der Waals surface area contributed by atoms with Gasteiger partial charge < -0.3 is 9.88 Å². The fourth-order valence-corrected chi connectivity index (χ4v) is 4.29. The highest BCUT2D eigenvalue weighted by Gasteiger charge is 2.23. The molecule has 0 bridgehead atoms. The molecule has 5 nitrogen and oxygen atoms in total. The highest BCUT2D eigenvalue weighted by atomic mass is 16.1. The second kappa shape index (κ2) is 7.43. The van der Waals surface area contributed by atoms with Crippen LogP contribution in [0.25, 0.3) is 5.69 Å². The van der Waals surface area contributed by atoms with E-state index in [1.165, 1.54) is 37.8 Å². The number of aromatic nitrogens is 3. The Morgan fingerprint density at radius 1 is 1.11 bits per heavy atom. The average molecular weight is 362 g/mol. The molecule has 1 fully saturated rings. The lowest BCUT2D eigenvalue weighted by molar-refractivity contribution is 0.102. The van der Waals surface area contributed by atoms with E-state index in [2.05, 4.69) is 28.8 Å². The number of amides is 1. The van der Waals surface area contributed by atoms with Crippen molar-refractivity contribution in [3.63, 3.8) is 0 Å². The molecule has 1 amide bonds. The van der Waals surface area contributed by atoms with E-state index in [9.17, 15) is 4.79 Å². The third-order valence-corrected chi connectivity index (χ3v) is 5.57. The van der Waals surface area contributed by atoms with Crippen LogP contribution in [0.1, 0.15) is 59.9 Å².